The SMILES string of the molecule is COc1ccc(C(C)CC=O)c(F)c1SC. The molecule has 0 N–H and O–H groups in total. The van der Waals surface area contributed by atoms with Gasteiger partial charge in [-0.2, -0.15) is 0 Å². The lowest BCUT2D eigenvalue weighted by molar-refractivity contribution is -0.108. The number of carbonyl (C=O) groups is 1. The summed E-state index contributed by atoms with van der Waals surface area (Å²) < 4.78 is 19.2. The van der Waals surface area contributed by atoms with Crippen LogP contribution in [0.1, 0.15) is 24.8 Å². The molecule has 0 fully saturated rings. The van der Waals surface area contributed by atoms with Gasteiger partial charge in [-0.05, 0) is 23.8 Å². The second-order valence-corrected chi connectivity index (χ2v) is 4.32. The molecule has 1 aromatic carbocycles. The van der Waals surface area contributed by atoms with E-state index in [4.69, 9.17) is 4.74 Å². The van der Waals surface area contributed by atoms with E-state index in [0.29, 0.717) is 22.6 Å². The number of carbonyl (C=O) groups excluding carboxylic acids is 1. The van der Waals surface area contributed by atoms with Crippen LogP contribution >= 0.6 is 11.8 Å². The van der Waals surface area contributed by atoms with Crippen molar-refractivity contribution in [1.29, 1.82) is 0 Å². The molecule has 2 nitrogen and oxygen atoms in total. The molecule has 0 amide bonds. The lowest BCUT2D eigenvalue weighted by atomic mass is 9.98. The molecule has 1 atom stereocenters. The highest BCUT2D eigenvalue weighted by atomic mass is 32.2. The largest absolute Gasteiger partial charge is 0.495 e. The Hall–Kier alpha value is -1.03. The molecule has 88 valence electrons. The predicted octanol–water partition coefficient (Wildman–Crippen LogP) is 3.25. The summed E-state index contributed by atoms with van der Waals surface area (Å²) >= 11 is 1.31. The van der Waals surface area contributed by atoms with Gasteiger partial charge in [0.15, 0.2) is 0 Å². The Kier molecular flexibility index (Phi) is 4.80. The van der Waals surface area contributed by atoms with Crippen molar-refractivity contribution < 1.29 is 13.9 Å². The van der Waals surface area contributed by atoms with Crippen molar-refractivity contribution in [3.63, 3.8) is 0 Å². The van der Waals surface area contributed by atoms with E-state index in [9.17, 15) is 9.18 Å². The fourth-order valence-electron chi connectivity index (χ4n) is 1.56. The molecule has 0 bridgehead atoms. The van der Waals surface area contributed by atoms with E-state index >= 15 is 0 Å². The summed E-state index contributed by atoms with van der Waals surface area (Å²) in [5.41, 5.74) is 0.567. The van der Waals surface area contributed by atoms with E-state index in [1.807, 2.05) is 6.92 Å². The number of ether oxygens (including phenoxy) is 1. The second kappa shape index (κ2) is 5.89. The molecule has 0 spiro atoms. The van der Waals surface area contributed by atoms with Gasteiger partial charge in [-0.15, -0.1) is 11.8 Å². The summed E-state index contributed by atoms with van der Waals surface area (Å²) in [5.74, 6) is 0.155. The molecular formula is C12H15FO2S. The minimum atomic E-state index is -0.277. The topological polar surface area (TPSA) is 26.3 Å². The number of methoxy groups -OCH3 is 1. The average molecular weight is 242 g/mol. The van der Waals surface area contributed by atoms with Crippen LogP contribution in [0.25, 0.3) is 0 Å². The van der Waals surface area contributed by atoms with E-state index in [1.165, 1.54) is 18.9 Å². The van der Waals surface area contributed by atoms with Crippen molar-refractivity contribution in [3.05, 3.63) is 23.5 Å². The van der Waals surface area contributed by atoms with Gasteiger partial charge in [0.2, 0.25) is 0 Å². The number of hydrogen-bond acceptors (Lipinski definition) is 3. The maximum absolute atomic E-state index is 14.1. The van der Waals surface area contributed by atoms with Crippen molar-refractivity contribution in [2.24, 2.45) is 0 Å². The molecule has 0 saturated heterocycles. The van der Waals surface area contributed by atoms with Gasteiger partial charge in [0.05, 0.1) is 12.0 Å². The molecule has 4 heteroatoms. The molecule has 0 heterocycles. The summed E-state index contributed by atoms with van der Waals surface area (Å²) in [6, 6.07) is 3.42. The smallest absolute Gasteiger partial charge is 0.143 e. The fourth-order valence-corrected chi connectivity index (χ4v) is 2.21. The highest BCUT2D eigenvalue weighted by Crippen LogP contribution is 2.35. The molecule has 0 radical (unpaired) electrons. The van der Waals surface area contributed by atoms with Crippen molar-refractivity contribution in [2.75, 3.05) is 13.4 Å². The Morgan fingerprint density at radius 2 is 2.25 bits per heavy atom. The van der Waals surface area contributed by atoms with Crippen molar-refractivity contribution in [1.82, 2.24) is 0 Å². The van der Waals surface area contributed by atoms with Gasteiger partial charge in [0.1, 0.15) is 17.9 Å². The summed E-state index contributed by atoms with van der Waals surface area (Å²) in [6.07, 6.45) is 2.94. The zero-order chi connectivity index (χ0) is 12.1. The Bertz CT molecular complexity index is 380. The Morgan fingerprint density at radius 1 is 1.56 bits per heavy atom. The summed E-state index contributed by atoms with van der Waals surface area (Å²) in [7, 11) is 1.52. The normalized spacial score (nSPS) is 12.2. The van der Waals surface area contributed by atoms with Gasteiger partial charge in [-0.3, -0.25) is 0 Å². The van der Waals surface area contributed by atoms with Crippen molar-refractivity contribution in [3.8, 4) is 5.75 Å². The first kappa shape index (κ1) is 13.0. The Labute approximate surface area is 99.2 Å². The molecule has 1 aromatic rings. The van der Waals surface area contributed by atoms with E-state index in [0.717, 1.165) is 6.29 Å². The van der Waals surface area contributed by atoms with Gasteiger partial charge in [0.25, 0.3) is 0 Å². The third kappa shape index (κ3) is 2.55. The number of aldehydes is 1. The van der Waals surface area contributed by atoms with Crippen LogP contribution < -0.4 is 4.74 Å². The summed E-state index contributed by atoms with van der Waals surface area (Å²) in [6.45, 7) is 1.84. The van der Waals surface area contributed by atoms with Gasteiger partial charge < -0.3 is 9.53 Å². The summed E-state index contributed by atoms with van der Waals surface area (Å²) in [5, 5.41) is 0. The monoisotopic (exact) mass is 242 g/mol. The highest BCUT2D eigenvalue weighted by Gasteiger charge is 2.17. The van der Waals surface area contributed by atoms with Crippen LogP contribution in [0.2, 0.25) is 0 Å². The van der Waals surface area contributed by atoms with Crippen LogP contribution in [0.5, 0.6) is 5.75 Å². The standard InChI is InChI=1S/C12H15FO2S/c1-8(6-7-14)9-4-5-10(15-2)12(16-3)11(9)13/h4-5,7-8H,6H2,1-3H3. The first-order chi connectivity index (χ1) is 7.65. The molecule has 0 aliphatic rings. The van der Waals surface area contributed by atoms with Gasteiger partial charge in [-0.25, -0.2) is 4.39 Å². The third-order valence-electron chi connectivity index (χ3n) is 2.50. The molecule has 1 unspecified atom stereocenters. The number of benzene rings is 1. The summed E-state index contributed by atoms with van der Waals surface area (Å²) in [4.78, 5) is 10.9. The average Bonchev–Trinajstić information content (AvgIpc) is 2.28. The maximum atomic E-state index is 14.1. The number of halogens is 1. The van der Waals surface area contributed by atoms with Crippen LogP contribution in [0.15, 0.2) is 17.0 Å². The zero-order valence-electron chi connectivity index (χ0n) is 9.62. The Balaban J connectivity index is 3.17. The van der Waals surface area contributed by atoms with Crippen molar-refractivity contribution in [2.45, 2.75) is 24.2 Å². The van der Waals surface area contributed by atoms with E-state index in [2.05, 4.69) is 0 Å². The highest BCUT2D eigenvalue weighted by molar-refractivity contribution is 7.98. The van der Waals surface area contributed by atoms with Gasteiger partial charge >= 0.3 is 0 Å². The minimum absolute atomic E-state index is 0.102. The molecule has 0 saturated carbocycles. The fraction of sp³-hybridized carbons (Fsp3) is 0.417. The van der Waals surface area contributed by atoms with Crippen LogP contribution in [0.3, 0.4) is 0 Å². The number of hydrogen-bond donors (Lipinski definition) is 0. The van der Waals surface area contributed by atoms with Crippen molar-refractivity contribution >= 4 is 18.0 Å². The molecule has 0 aliphatic heterocycles. The quantitative estimate of drug-likeness (QED) is 0.585. The molecular weight excluding hydrogens is 227 g/mol. The lowest BCUT2D eigenvalue weighted by Gasteiger charge is -2.14. The maximum Gasteiger partial charge on any atom is 0.143 e. The second-order valence-electron chi connectivity index (χ2n) is 3.51. The van der Waals surface area contributed by atoms with Crippen LogP contribution in [0.4, 0.5) is 4.39 Å². The molecule has 0 aliphatic carbocycles. The van der Waals surface area contributed by atoms with Gasteiger partial charge in [-0.1, -0.05) is 13.0 Å². The predicted molar refractivity (Wildman–Crippen MR) is 63.8 cm³/mol. The molecule has 0 aromatic heterocycles. The van der Waals surface area contributed by atoms with E-state index in [-0.39, 0.29) is 11.7 Å². The molecule has 1 rings (SSSR count). The lowest BCUT2D eigenvalue weighted by Crippen LogP contribution is -2.01. The van der Waals surface area contributed by atoms with Crippen LogP contribution in [0, 0.1) is 5.82 Å². The van der Waals surface area contributed by atoms with Gasteiger partial charge in [0, 0.05) is 6.42 Å². The first-order valence-corrected chi connectivity index (χ1v) is 6.22. The van der Waals surface area contributed by atoms with E-state index < -0.39 is 0 Å². The minimum Gasteiger partial charge on any atom is -0.495 e. The zero-order valence-corrected chi connectivity index (χ0v) is 10.4. The van der Waals surface area contributed by atoms with E-state index in [1.54, 1.807) is 18.4 Å². The Morgan fingerprint density at radius 3 is 2.75 bits per heavy atom. The number of rotatable bonds is 5. The first-order valence-electron chi connectivity index (χ1n) is 4.99. The van der Waals surface area contributed by atoms with Crippen LogP contribution in [-0.2, 0) is 4.79 Å². The van der Waals surface area contributed by atoms with Crippen LogP contribution in [-0.4, -0.2) is 19.7 Å². The number of thioether (sulfide) groups is 1. The third-order valence-corrected chi connectivity index (χ3v) is 3.28. The molecule has 16 heavy (non-hydrogen) atoms.